The molecule has 0 spiro atoms. The molecule has 0 fully saturated rings. The maximum absolute atomic E-state index is 11.1. The number of fused-ring (bicyclic) bond motifs is 1. The first-order valence-electron chi connectivity index (χ1n) is 6.00. The molecule has 4 nitrogen and oxygen atoms in total. The molecule has 1 heterocycles. The minimum atomic E-state index is -0.890. The Labute approximate surface area is 106 Å². The molecule has 0 saturated heterocycles. The van der Waals surface area contributed by atoms with E-state index in [1.54, 1.807) is 17.7 Å². The van der Waals surface area contributed by atoms with Gasteiger partial charge in [-0.25, -0.2) is 4.79 Å². The number of aryl methyl sites for hydroxylation is 2. The Morgan fingerprint density at radius 3 is 2.61 bits per heavy atom. The highest BCUT2D eigenvalue weighted by Crippen LogP contribution is 2.27. The number of benzene rings is 1. The minimum absolute atomic E-state index is 0.324. The van der Waals surface area contributed by atoms with Crippen molar-refractivity contribution in [3.05, 3.63) is 29.5 Å². The molecule has 2 rings (SSSR count). The van der Waals surface area contributed by atoms with Crippen LogP contribution in [0, 0.1) is 6.92 Å². The second-order valence-corrected chi connectivity index (χ2v) is 4.61. The first-order valence-corrected chi connectivity index (χ1v) is 6.00. The Hall–Kier alpha value is -1.97. The van der Waals surface area contributed by atoms with Crippen LogP contribution in [0.1, 0.15) is 23.0 Å². The Bertz CT molecular complexity index is 614. The van der Waals surface area contributed by atoms with Crippen molar-refractivity contribution in [1.82, 2.24) is 4.57 Å². The number of rotatable bonds is 3. The molecule has 0 unspecified atom stereocenters. The number of carboxylic acid groups (broad SMARTS) is 1. The molecule has 1 N–H and O–H groups in total. The van der Waals surface area contributed by atoms with Crippen LogP contribution < -0.4 is 4.90 Å². The summed E-state index contributed by atoms with van der Waals surface area (Å²) in [4.78, 5) is 13.3. The topological polar surface area (TPSA) is 45.5 Å². The third-order valence-electron chi connectivity index (χ3n) is 3.44. The van der Waals surface area contributed by atoms with E-state index in [0.29, 0.717) is 5.69 Å². The molecular formula is C14H18N2O2. The highest BCUT2D eigenvalue weighted by atomic mass is 16.4. The zero-order valence-corrected chi connectivity index (χ0v) is 11.2. The summed E-state index contributed by atoms with van der Waals surface area (Å²) in [6.45, 7) is 5.03. The van der Waals surface area contributed by atoms with Crippen molar-refractivity contribution in [3.8, 4) is 0 Å². The van der Waals surface area contributed by atoms with Gasteiger partial charge in [0.1, 0.15) is 5.69 Å². The van der Waals surface area contributed by atoms with Gasteiger partial charge in [0.2, 0.25) is 0 Å². The second-order valence-electron chi connectivity index (χ2n) is 4.61. The fraction of sp³-hybridized carbons (Fsp3) is 0.357. The van der Waals surface area contributed by atoms with E-state index in [1.807, 2.05) is 20.0 Å². The second kappa shape index (κ2) is 4.37. The normalized spacial score (nSPS) is 10.9. The summed E-state index contributed by atoms with van der Waals surface area (Å²) < 4.78 is 1.74. The molecule has 1 aromatic carbocycles. The van der Waals surface area contributed by atoms with Crippen molar-refractivity contribution in [2.75, 3.05) is 18.5 Å². The molecule has 0 radical (unpaired) electrons. The largest absolute Gasteiger partial charge is 0.477 e. The van der Waals surface area contributed by atoms with Gasteiger partial charge in [-0.05, 0) is 37.6 Å². The molecule has 2 aromatic rings. The number of carbonyl (C=O) groups is 1. The van der Waals surface area contributed by atoms with Gasteiger partial charge >= 0.3 is 5.97 Å². The summed E-state index contributed by atoms with van der Waals surface area (Å²) in [7, 11) is 3.82. The van der Waals surface area contributed by atoms with Crippen LogP contribution in [-0.2, 0) is 7.05 Å². The molecule has 0 aliphatic rings. The van der Waals surface area contributed by atoms with Crippen LogP contribution in [0.25, 0.3) is 10.9 Å². The Kier molecular flexibility index (Phi) is 3.03. The van der Waals surface area contributed by atoms with E-state index in [9.17, 15) is 4.79 Å². The molecule has 1 aromatic heterocycles. The number of nitrogens with zero attached hydrogens (tertiary/aromatic N) is 2. The van der Waals surface area contributed by atoms with Crippen molar-refractivity contribution in [1.29, 1.82) is 0 Å². The van der Waals surface area contributed by atoms with Crippen molar-refractivity contribution in [3.63, 3.8) is 0 Å². The average Bonchev–Trinajstić information content (AvgIpc) is 2.66. The van der Waals surface area contributed by atoms with Gasteiger partial charge in [0.05, 0.1) is 5.52 Å². The minimum Gasteiger partial charge on any atom is -0.477 e. The van der Waals surface area contributed by atoms with Crippen molar-refractivity contribution in [2.24, 2.45) is 7.05 Å². The van der Waals surface area contributed by atoms with E-state index in [1.165, 1.54) is 0 Å². The van der Waals surface area contributed by atoms with Gasteiger partial charge in [0.25, 0.3) is 0 Å². The lowest BCUT2D eigenvalue weighted by atomic mass is 10.1. The van der Waals surface area contributed by atoms with Gasteiger partial charge in [-0.3, -0.25) is 0 Å². The summed E-state index contributed by atoms with van der Waals surface area (Å²) in [6, 6.07) is 5.87. The highest BCUT2D eigenvalue weighted by molar-refractivity contribution is 5.97. The first-order chi connectivity index (χ1) is 8.45. The van der Waals surface area contributed by atoms with Gasteiger partial charge in [-0.15, -0.1) is 0 Å². The third kappa shape index (κ3) is 1.83. The molecule has 0 bridgehead atoms. The van der Waals surface area contributed by atoms with Gasteiger partial charge in [-0.2, -0.15) is 0 Å². The molecule has 0 atom stereocenters. The number of aromatic nitrogens is 1. The van der Waals surface area contributed by atoms with Crippen molar-refractivity contribution in [2.45, 2.75) is 13.8 Å². The summed E-state index contributed by atoms with van der Waals surface area (Å²) >= 11 is 0. The fourth-order valence-electron chi connectivity index (χ4n) is 2.33. The van der Waals surface area contributed by atoms with E-state index in [2.05, 4.69) is 17.9 Å². The van der Waals surface area contributed by atoms with Crippen LogP contribution >= 0.6 is 0 Å². The average molecular weight is 246 g/mol. The van der Waals surface area contributed by atoms with E-state index < -0.39 is 5.97 Å². The molecule has 0 aliphatic carbocycles. The molecule has 18 heavy (non-hydrogen) atoms. The van der Waals surface area contributed by atoms with Gasteiger partial charge in [-0.1, -0.05) is 0 Å². The zero-order valence-electron chi connectivity index (χ0n) is 11.2. The highest BCUT2D eigenvalue weighted by Gasteiger charge is 2.14. The third-order valence-corrected chi connectivity index (χ3v) is 3.44. The first kappa shape index (κ1) is 12.5. The lowest BCUT2D eigenvalue weighted by Crippen LogP contribution is -2.15. The Morgan fingerprint density at radius 2 is 2.06 bits per heavy atom. The zero-order chi connectivity index (χ0) is 13.4. The van der Waals surface area contributed by atoms with E-state index in [-0.39, 0.29) is 0 Å². The predicted molar refractivity (Wildman–Crippen MR) is 73.6 cm³/mol. The number of aromatic carboxylic acids is 1. The maximum Gasteiger partial charge on any atom is 0.352 e. The molecular weight excluding hydrogens is 228 g/mol. The van der Waals surface area contributed by atoms with Gasteiger partial charge < -0.3 is 14.6 Å². The lowest BCUT2D eigenvalue weighted by molar-refractivity contribution is 0.0687. The standard InChI is InChI=1S/C14H18N2O2/c1-5-15(3)11-6-9(2)13-10(7-11)8-12(14(17)18)16(13)4/h6-8H,5H2,1-4H3,(H,17,18). The summed E-state index contributed by atoms with van der Waals surface area (Å²) in [5, 5.41) is 10.1. The van der Waals surface area contributed by atoms with E-state index in [4.69, 9.17) is 5.11 Å². The fourth-order valence-corrected chi connectivity index (χ4v) is 2.33. The maximum atomic E-state index is 11.1. The van der Waals surface area contributed by atoms with Gasteiger partial charge in [0, 0.05) is 31.7 Å². The summed E-state index contributed by atoms with van der Waals surface area (Å²) in [5.74, 6) is -0.890. The van der Waals surface area contributed by atoms with Crippen LogP contribution in [0.4, 0.5) is 5.69 Å². The number of anilines is 1. The van der Waals surface area contributed by atoms with Crippen LogP contribution in [0.5, 0.6) is 0 Å². The molecule has 96 valence electrons. The van der Waals surface area contributed by atoms with Crippen LogP contribution in [0.2, 0.25) is 0 Å². The number of hydrogen-bond donors (Lipinski definition) is 1. The lowest BCUT2D eigenvalue weighted by Gasteiger charge is -2.18. The monoisotopic (exact) mass is 246 g/mol. The molecule has 0 saturated carbocycles. The van der Waals surface area contributed by atoms with Gasteiger partial charge in [0.15, 0.2) is 0 Å². The quantitative estimate of drug-likeness (QED) is 0.905. The van der Waals surface area contributed by atoms with Crippen molar-refractivity contribution < 1.29 is 9.90 Å². The summed E-state index contributed by atoms with van der Waals surface area (Å²) in [6.07, 6.45) is 0. The van der Waals surface area contributed by atoms with Crippen molar-refractivity contribution >= 4 is 22.6 Å². The predicted octanol–water partition coefficient (Wildman–Crippen LogP) is 2.64. The summed E-state index contributed by atoms with van der Waals surface area (Å²) in [5.41, 5.74) is 3.52. The Morgan fingerprint density at radius 1 is 1.39 bits per heavy atom. The van der Waals surface area contributed by atoms with Crippen LogP contribution in [0.3, 0.4) is 0 Å². The smallest absolute Gasteiger partial charge is 0.352 e. The SMILES string of the molecule is CCN(C)c1cc(C)c2c(c1)cc(C(=O)O)n2C. The van der Waals surface area contributed by atoms with E-state index >= 15 is 0 Å². The van der Waals surface area contributed by atoms with E-state index in [0.717, 1.165) is 28.7 Å². The molecule has 0 aliphatic heterocycles. The number of hydrogen-bond acceptors (Lipinski definition) is 2. The van der Waals surface area contributed by atoms with Crippen LogP contribution in [-0.4, -0.2) is 29.2 Å². The number of carboxylic acids is 1. The Balaban J connectivity index is 2.71. The van der Waals surface area contributed by atoms with Crippen LogP contribution in [0.15, 0.2) is 18.2 Å². The molecule has 4 heteroatoms. The molecule has 0 amide bonds.